The van der Waals surface area contributed by atoms with E-state index in [-0.39, 0.29) is 6.04 Å². The van der Waals surface area contributed by atoms with Crippen LogP contribution in [0.3, 0.4) is 0 Å². The van der Waals surface area contributed by atoms with Crippen molar-refractivity contribution in [2.24, 2.45) is 5.73 Å². The Kier molecular flexibility index (Phi) is 4.66. The van der Waals surface area contributed by atoms with E-state index in [1.807, 2.05) is 6.07 Å². The largest absolute Gasteiger partial charge is 0.378 e. The maximum Gasteiger partial charge on any atom is 0.0576 e. The van der Waals surface area contributed by atoms with Crippen molar-refractivity contribution in [1.29, 1.82) is 0 Å². The van der Waals surface area contributed by atoms with Crippen LogP contribution in [-0.4, -0.2) is 12.7 Å². The summed E-state index contributed by atoms with van der Waals surface area (Å²) in [5.74, 6) is 0. The molecule has 0 amide bonds. The topological polar surface area (TPSA) is 35.2 Å². The van der Waals surface area contributed by atoms with Crippen LogP contribution in [0.15, 0.2) is 12.1 Å². The zero-order valence-corrected chi connectivity index (χ0v) is 12.0. The highest BCUT2D eigenvalue weighted by atomic mass is 35.5. The molecule has 2 atom stereocenters. The van der Waals surface area contributed by atoms with Crippen molar-refractivity contribution in [3.05, 3.63) is 33.8 Å². The number of hydrogen-bond donors (Lipinski definition) is 1. The Balaban J connectivity index is 1.99. The average molecular weight is 268 g/mol. The van der Waals surface area contributed by atoms with Gasteiger partial charge in [0.05, 0.1) is 6.10 Å². The van der Waals surface area contributed by atoms with Crippen molar-refractivity contribution < 1.29 is 4.74 Å². The van der Waals surface area contributed by atoms with Crippen LogP contribution in [-0.2, 0) is 4.74 Å². The highest BCUT2D eigenvalue weighted by Crippen LogP contribution is 2.29. The van der Waals surface area contributed by atoms with Gasteiger partial charge in [0.2, 0.25) is 0 Å². The second-order valence-corrected chi connectivity index (χ2v) is 5.68. The number of rotatable bonds is 4. The van der Waals surface area contributed by atoms with E-state index < -0.39 is 0 Å². The lowest BCUT2D eigenvalue weighted by Crippen LogP contribution is -2.15. The number of aryl methyl sites for hydroxylation is 2. The van der Waals surface area contributed by atoms with Gasteiger partial charge in [0.1, 0.15) is 0 Å². The molecule has 0 radical (unpaired) electrons. The van der Waals surface area contributed by atoms with E-state index >= 15 is 0 Å². The van der Waals surface area contributed by atoms with Gasteiger partial charge in [-0.25, -0.2) is 0 Å². The Bertz CT molecular complexity index is 413. The Hall–Kier alpha value is -0.570. The van der Waals surface area contributed by atoms with Gasteiger partial charge in [0.15, 0.2) is 0 Å². The van der Waals surface area contributed by atoms with Crippen LogP contribution in [0, 0.1) is 13.8 Å². The Morgan fingerprint density at radius 2 is 2.11 bits per heavy atom. The smallest absolute Gasteiger partial charge is 0.0576 e. The van der Waals surface area contributed by atoms with Crippen molar-refractivity contribution in [2.75, 3.05) is 6.61 Å². The fourth-order valence-electron chi connectivity index (χ4n) is 2.48. The van der Waals surface area contributed by atoms with Crippen LogP contribution in [0.1, 0.15) is 48.4 Å². The zero-order chi connectivity index (χ0) is 13.1. The molecule has 2 unspecified atom stereocenters. The van der Waals surface area contributed by atoms with Gasteiger partial charge in [-0.2, -0.15) is 0 Å². The third kappa shape index (κ3) is 3.25. The molecule has 0 saturated carbocycles. The summed E-state index contributed by atoms with van der Waals surface area (Å²) in [4.78, 5) is 0. The molecule has 2 N–H and O–H groups in total. The molecule has 1 heterocycles. The minimum absolute atomic E-state index is 0.0148. The molecule has 0 spiro atoms. The minimum atomic E-state index is 0.0148. The van der Waals surface area contributed by atoms with E-state index in [9.17, 15) is 0 Å². The monoisotopic (exact) mass is 267 g/mol. The number of benzene rings is 1. The molecule has 1 aliphatic rings. The quantitative estimate of drug-likeness (QED) is 0.898. The zero-order valence-electron chi connectivity index (χ0n) is 11.2. The Morgan fingerprint density at radius 1 is 1.39 bits per heavy atom. The molecule has 1 fully saturated rings. The molecule has 0 bridgehead atoms. The Morgan fingerprint density at radius 3 is 2.78 bits per heavy atom. The molecule has 2 nitrogen and oxygen atoms in total. The average Bonchev–Trinajstić information content (AvgIpc) is 2.84. The minimum Gasteiger partial charge on any atom is -0.378 e. The molecule has 18 heavy (non-hydrogen) atoms. The highest BCUT2D eigenvalue weighted by Gasteiger charge is 2.18. The predicted molar refractivity (Wildman–Crippen MR) is 76.1 cm³/mol. The van der Waals surface area contributed by atoms with E-state index in [0.717, 1.165) is 30.0 Å². The molecule has 1 saturated heterocycles. The predicted octanol–water partition coefficient (Wildman–Crippen LogP) is 3.92. The summed E-state index contributed by atoms with van der Waals surface area (Å²) in [5, 5.41) is 0.790. The van der Waals surface area contributed by atoms with Gasteiger partial charge >= 0.3 is 0 Å². The van der Waals surface area contributed by atoms with Gasteiger partial charge in [0.25, 0.3) is 0 Å². The van der Waals surface area contributed by atoms with E-state index in [1.54, 1.807) is 0 Å². The van der Waals surface area contributed by atoms with Crippen LogP contribution in [0.25, 0.3) is 0 Å². The first-order valence-electron chi connectivity index (χ1n) is 6.71. The lowest BCUT2D eigenvalue weighted by molar-refractivity contribution is 0.101. The maximum absolute atomic E-state index is 6.28. The number of hydrogen-bond acceptors (Lipinski definition) is 2. The summed E-state index contributed by atoms with van der Waals surface area (Å²) in [6, 6.07) is 4.15. The molecule has 100 valence electrons. The molecule has 0 aliphatic carbocycles. The number of nitrogens with two attached hydrogens (primary N) is 1. The highest BCUT2D eigenvalue weighted by molar-refractivity contribution is 6.31. The molecule has 2 rings (SSSR count). The lowest BCUT2D eigenvalue weighted by atomic mass is 9.97. The molecular formula is C15H22ClNO. The van der Waals surface area contributed by atoms with Crippen LogP contribution < -0.4 is 5.73 Å². The fourth-order valence-corrected chi connectivity index (χ4v) is 2.84. The summed E-state index contributed by atoms with van der Waals surface area (Å²) < 4.78 is 5.62. The van der Waals surface area contributed by atoms with Gasteiger partial charge in [-0.05, 0) is 62.3 Å². The molecule has 0 aromatic heterocycles. The number of halogens is 1. The molecule has 1 aromatic carbocycles. The molecule has 1 aromatic rings. The van der Waals surface area contributed by atoms with E-state index in [0.29, 0.717) is 6.10 Å². The molecule has 1 aliphatic heterocycles. The maximum atomic E-state index is 6.28. The van der Waals surface area contributed by atoms with Gasteiger partial charge < -0.3 is 10.5 Å². The summed E-state index contributed by atoms with van der Waals surface area (Å²) in [6.45, 7) is 5.08. The van der Waals surface area contributed by atoms with Gasteiger partial charge in [-0.1, -0.05) is 17.7 Å². The van der Waals surface area contributed by atoms with Crippen molar-refractivity contribution >= 4 is 11.6 Å². The SMILES string of the molecule is Cc1cc(Cl)c(C(N)CCC2CCCO2)cc1C. The molecular weight excluding hydrogens is 246 g/mol. The van der Waals surface area contributed by atoms with Crippen molar-refractivity contribution in [1.82, 2.24) is 0 Å². The lowest BCUT2D eigenvalue weighted by Gasteiger charge is -2.17. The van der Waals surface area contributed by atoms with Crippen molar-refractivity contribution in [3.8, 4) is 0 Å². The van der Waals surface area contributed by atoms with Gasteiger partial charge in [0, 0.05) is 17.7 Å². The first-order valence-corrected chi connectivity index (χ1v) is 7.09. The normalized spacial score (nSPS) is 21.2. The second-order valence-electron chi connectivity index (χ2n) is 5.28. The van der Waals surface area contributed by atoms with Crippen LogP contribution in [0.4, 0.5) is 0 Å². The van der Waals surface area contributed by atoms with Crippen LogP contribution >= 0.6 is 11.6 Å². The van der Waals surface area contributed by atoms with E-state index in [2.05, 4.69) is 19.9 Å². The van der Waals surface area contributed by atoms with Crippen molar-refractivity contribution in [2.45, 2.75) is 51.7 Å². The Labute approximate surface area is 114 Å². The fraction of sp³-hybridized carbons (Fsp3) is 0.600. The summed E-state index contributed by atoms with van der Waals surface area (Å²) in [5.41, 5.74) is 9.79. The second kappa shape index (κ2) is 6.05. The van der Waals surface area contributed by atoms with Crippen LogP contribution in [0.2, 0.25) is 5.02 Å². The summed E-state index contributed by atoms with van der Waals surface area (Å²) in [6.07, 6.45) is 4.73. The van der Waals surface area contributed by atoms with Gasteiger partial charge in [-0.3, -0.25) is 0 Å². The van der Waals surface area contributed by atoms with E-state index in [1.165, 1.54) is 24.0 Å². The third-order valence-corrected chi connectivity index (χ3v) is 4.16. The van der Waals surface area contributed by atoms with Crippen LogP contribution in [0.5, 0.6) is 0 Å². The number of ether oxygens (including phenoxy) is 1. The van der Waals surface area contributed by atoms with Crippen molar-refractivity contribution in [3.63, 3.8) is 0 Å². The standard InChI is InChI=1S/C15H22ClNO/c1-10-8-13(14(16)9-11(10)2)15(17)6-5-12-4-3-7-18-12/h8-9,12,15H,3-7,17H2,1-2H3. The molecule has 3 heteroatoms. The summed E-state index contributed by atoms with van der Waals surface area (Å²) >= 11 is 6.28. The van der Waals surface area contributed by atoms with Gasteiger partial charge in [-0.15, -0.1) is 0 Å². The van der Waals surface area contributed by atoms with E-state index in [4.69, 9.17) is 22.1 Å². The summed E-state index contributed by atoms with van der Waals surface area (Å²) in [7, 11) is 0. The first kappa shape index (κ1) is 13.9. The third-order valence-electron chi connectivity index (χ3n) is 3.84. The first-order chi connectivity index (χ1) is 8.58.